The molecular weight excluding hydrogens is 685 g/mol. The van der Waals surface area contributed by atoms with Gasteiger partial charge in [0, 0.05) is 25.7 Å². The van der Waals surface area contributed by atoms with E-state index in [9.17, 15) is 15.0 Å². The Hall–Kier alpha value is -4.45. The summed E-state index contributed by atoms with van der Waals surface area (Å²) in [7, 11) is 1.71. The minimum Gasteiger partial charge on any atom is -0.507 e. The Morgan fingerprint density at radius 3 is 1.04 bits per heavy atom. The number of methoxy groups -OCH3 is 1. The first-order chi connectivity index (χ1) is 25.4. The highest BCUT2D eigenvalue weighted by molar-refractivity contribution is 5.71. The maximum Gasteiger partial charge on any atom is 0.344 e. The lowest BCUT2D eigenvalue weighted by molar-refractivity contribution is -0.145. The largest absolute Gasteiger partial charge is 0.507 e. The van der Waals surface area contributed by atoms with Crippen molar-refractivity contribution in [2.24, 2.45) is 0 Å². The van der Waals surface area contributed by atoms with Crippen molar-refractivity contribution in [3.05, 3.63) is 115 Å². The van der Waals surface area contributed by atoms with Gasteiger partial charge in [-0.1, -0.05) is 132 Å². The first kappa shape index (κ1) is 41.7. The van der Waals surface area contributed by atoms with Crippen molar-refractivity contribution in [2.75, 3.05) is 20.3 Å². The lowest BCUT2D eigenvalue weighted by Crippen LogP contribution is -2.18. The number of carbonyl (C=O) groups is 1. The van der Waals surface area contributed by atoms with Gasteiger partial charge in [0.2, 0.25) is 0 Å². The van der Waals surface area contributed by atoms with Crippen molar-refractivity contribution in [3.63, 3.8) is 0 Å². The van der Waals surface area contributed by atoms with Crippen LogP contribution in [0.15, 0.2) is 48.5 Å². The smallest absolute Gasteiger partial charge is 0.344 e. The Labute approximate surface area is 330 Å². The third kappa shape index (κ3) is 9.34. The van der Waals surface area contributed by atoms with Crippen LogP contribution in [0.5, 0.6) is 23.0 Å². The Morgan fingerprint density at radius 2 is 0.782 bits per heavy atom. The molecule has 0 fully saturated rings. The van der Waals surface area contributed by atoms with Crippen molar-refractivity contribution in [2.45, 2.75) is 137 Å². The quantitative estimate of drug-likeness (QED) is 0.174. The summed E-state index contributed by atoms with van der Waals surface area (Å²) < 4.78 is 18.0. The van der Waals surface area contributed by atoms with Crippen LogP contribution in [0.2, 0.25) is 0 Å². The number of phenols is 2. The predicted molar refractivity (Wildman–Crippen MR) is 224 cm³/mol. The van der Waals surface area contributed by atoms with Crippen LogP contribution in [0.3, 0.4) is 0 Å². The molecular formula is C49H64O6. The predicted octanol–water partition coefficient (Wildman–Crippen LogP) is 10.9. The first-order valence-corrected chi connectivity index (χ1v) is 19.8. The molecule has 5 rings (SSSR count). The molecule has 8 bridgehead atoms. The second-order valence-electron chi connectivity index (χ2n) is 19.5. The zero-order valence-electron chi connectivity index (χ0n) is 35.9. The minimum atomic E-state index is -0.453. The summed E-state index contributed by atoms with van der Waals surface area (Å²) in [6, 6.07) is 17.2. The summed E-state index contributed by atoms with van der Waals surface area (Å²) in [5.41, 5.74) is 10.5. The zero-order valence-corrected chi connectivity index (χ0v) is 35.9. The molecule has 0 heterocycles. The SMILES string of the molecule is CCOC(=O)COc1c2cc(C(C)(C)C)cc1Cc1cc(C(C)(C)C)cc(c1O)Cc1cc(C(C)(C)C)cc(c1OC)Cc1cc(C(C)(C)C)cc(c1O)C2. The van der Waals surface area contributed by atoms with Crippen LogP contribution < -0.4 is 9.47 Å². The maximum atomic E-state index is 12.8. The van der Waals surface area contributed by atoms with Crippen molar-refractivity contribution in [1.82, 2.24) is 0 Å². The normalized spacial score (nSPS) is 13.7. The highest BCUT2D eigenvalue weighted by Crippen LogP contribution is 2.43. The lowest BCUT2D eigenvalue weighted by atomic mass is 9.79. The van der Waals surface area contributed by atoms with Gasteiger partial charge in [0.05, 0.1) is 13.7 Å². The highest BCUT2D eigenvalue weighted by atomic mass is 16.6. The fraction of sp³-hybridized carbons (Fsp3) is 0.490. The second kappa shape index (κ2) is 15.2. The van der Waals surface area contributed by atoms with E-state index in [2.05, 4.69) is 132 Å². The molecule has 0 unspecified atom stereocenters. The van der Waals surface area contributed by atoms with Gasteiger partial charge in [0.25, 0.3) is 0 Å². The van der Waals surface area contributed by atoms with E-state index in [1.807, 2.05) is 0 Å². The van der Waals surface area contributed by atoms with Crippen molar-refractivity contribution in [3.8, 4) is 23.0 Å². The fourth-order valence-electron chi connectivity index (χ4n) is 7.43. The molecule has 1 aliphatic carbocycles. The lowest BCUT2D eigenvalue weighted by Gasteiger charge is -2.28. The topological polar surface area (TPSA) is 85.2 Å². The number of aromatic hydroxyl groups is 2. The Morgan fingerprint density at radius 1 is 0.509 bits per heavy atom. The molecule has 6 nitrogen and oxygen atoms in total. The van der Waals surface area contributed by atoms with Gasteiger partial charge in [0.1, 0.15) is 23.0 Å². The number of rotatable bonds is 5. The summed E-state index contributed by atoms with van der Waals surface area (Å²) in [6.07, 6.45) is 1.62. The molecule has 0 aromatic heterocycles. The number of phenolic OH excluding ortho intramolecular Hbond substituents is 2. The molecule has 0 aliphatic heterocycles. The third-order valence-electron chi connectivity index (χ3n) is 10.9. The van der Waals surface area contributed by atoms with E-state index >= 15 is 0 Å². The van der Waals surface area contributed by atoms with E-state index in [1.54, 1.807) is 14.0 Å². The monoisotopic (exact) mass is 748 g/mol. The number of fused-ring (bicyclic) bond motifs is 8. The van der Waals surface area contributed by atoms with Gasteiger partial charge in [-0.05, 0) is 95.3 Å². The highest BCUT2D eigenvalue weighted by Gasteiger charge is 2.28. The van der Waals surface area contributed by atoms with Gasteiger partial charge in [-0.3, -0.25) is 0 Å². The molecule has 0 spiro atoms. The van der Waals surface area contributed by atoms with Crippen molar-refractivity contribution in [1.29, 1.82) is 0 Å². The van der Waals surface area contributed by atoms with E-state index in [0.29, 0.717) is 31.4 Å². The van der Waals surface area contributed by atoms with Gasteiger partial charge in [-0.25, -0.2) is 4.79 Å². The number of carbonyl (C=O) groups excluding carboxylic acids is 1. The zero-order chi connectivity index (χ0) is 40.8. The Balaban J connectivity index is 1.93. The molecule has 2 N–H and O–H groups in total. The first-order valence-electron chi connectivity index (χ1n) is 19.8. The maximum absolute atomic E-state index is 12.8. The van der Waals surface area contributed by atoms with Crippen LogP contribution in [-0.2, 0) is 56.9 Å². The van der Waals surface area contributed by atoms with E-state index in [0.717, 1.165) is 72.5 Å². The summed E-state index contributed by atoms with van der Waals surface area (Å²) in [5, 5.41) is 24.5. The molecule has 4 aromatic carbocycles. The molecule has 0 amide bonds. The third-order valence-corrected chi connectivity index (χ3v) is 10.9. The minimum absolute atomic E-state index is 0.162. The van der Waals surface area contributed by atoms with Crippen LogP contribution in [-0.4, -0.2) is 36.5 Å². The van der Waals surface area contributed by atoms with Gasteiger partial charge in [-0.2, -0.15) is 0 Å². The van der Waals surface area contributed by atoms with E-state index in [1.165, 1.54) is 0 Å². The van der Waals surface area contributed by atoms with E-state index in [-0.39, 0.29) is 46.4 Å². The van der Waals surface area contributed by atoms with Gasteiger partial charge >= 0.3 is 5.97 Å². The summed E-state index contributed by atoms with van der Waals surface area (Å²) in [6.45, 7) is 28.1. The average Bonchev–Trinajstić information content (AvgIpc) is 3.05. The molecule has 6 heteroatoms. The van der Waals surface area contributed by atoms with Crippen molar-refractivity contribution >= 4 is 5.97 Å². The number of ether oxygens (including phenoxy) is 3. The number of hydrogen-bond acceptors (Lipinski definition) is 6. The van der Waals surface area contributed by atoms with Crippen LogP contribution >= 0.6 is 0 Å². The van der Waals surface area contributed by atoms with Gasteiger partial charge in [0.15, 0.2) is 6.61 Å². The van der Waals surface area contributed by atoms with Crippen LogP contribution in [0.4, 0.5) is 0 Å². The second-order valence-corrected chi connectivity index (χ2v) is 19.5. The molecule has 0 saturated carbocycles. The Kier molecular flexibility index (Phi) is 11.6. The van der Waals surface area contributed by atoms with Crippen LogP contribution in [0.25, 0.3) is 0 Å². The van der Waals surface area contributed by atoms with Crippen LogP contribution in [0.1, 0.15) is 157 Å². The molecule has 55 heavy (non-hydrogen) atoms. The van der Waals surface area contributed by atoms with Crippen LogP contribution in [0, 0.1) is 0 Å². The summed E-state index contributed by atoms with van der Waals surface area (Å²) >= 11 is 0. The molecule has 0 saturated heterocycles. The average molecular weight is 749 g/mol. The summed E-state index contributed by atoms with van der Waals surface area (Å²) in [4.78, 5) is 12.8. The standard InChI is InChI=1S/C49H64O6/c1-15-54-41(50)28-55-45-35-18-31-22-37(46(2,3)4)20-29(42(31)51)16-33-24-39(48(8,9)10)25-34(44(33)53-14)17-30-21-38(47(5,6)7)23-32(43(30)52)19-36(45)27-40(26-35)49(11,12)13/h20-27,51-52H,15-19,28H2,1-14H3. The van der Waals surface area contributed by atoms with E-state index in [4.69, 9.17) is 14.2 Å². The molecule has 0 radical (unpaired) electrons. The number of esters is 1. The van der Waals surface area contributed by atoms with Crippen molar-refractivity contribution < 1.29 is 29.2 Å². The van der Waals surface area contributed by atoms with Gasteiger partial charge < -0.3 is 24.4 Å². The van der Waals surface area contributed by atoms with Gasteiger partial charge in [-0.15, -0.1) is 0 Å². The molecule has 0 atom stereocenters. The Bertz CT molecular complexity index is 1960. The number of hydrogen-bond donors (Lipinski definition) is 2. The molecule has 1 aliphatic rings. The molecule has 296 valence electrons. The molecule has 4 aromatic rings. The fourth-order valence-corrected chi connectivity index (χ4v) is 7.43. The van der Waals surface area contributed by atoms with E-state index < -0.39 is 5.97 Å². The summed E-state index contributed by atoms with van der Waals surface area (Å²) in [5.74, 6) is 1.35. The number of benzene rings is 4.